The monoisotopic (exact) mass is 354 g/mol. The van der Waals surface area contributed by atoms with Gasteiger partial charge in [0.15, 0.2) is 0 Å². The minimum absolute atomic E-state index is 0.0436. The van der Waals surface area contributed by atoms with Gasteiger partial charge in [0.05, 0.1) is 5.41 Å². The molecule has 0 aromatic heterocycles. The Labute approximate surface area is 153 Å². The molecule has 1 aliphatic rings. The van der Waals surface area contributed by atoms with Crippen LogP contribution in [0.15, 0.2) is 54.6 Å². The molecular formula is C21H23FN2O2. The summed E-state index contributed by atoms with van der Waals surface area (Å²) in [5.41, 5.74) is 0.864. The number of halogens is 1. The van der Waals surface area contributed by atoms with Crippen molar-refractivity contribution in [3.05, 3.63) is 71.5 Å². The van der Waals surface area contributed by atoms with Crippen LogP contribution in [0.25, 0.3) is 0 Å². The van der Waals surface area contributed by atoms with Crippen LogP contribution < -0.4 is 5.32 Å². The van der Waals surface area contributed by atoms with Crippen molar-refractivity contribution in [2.45, 2.75) is 26.3 Å². The van der Waals surface area contributed by atoms with Crippen LogP contribution in [0.2, 0.25) is 0 Å². The van der Waals surface area contributed by atoms with Crippen LogP contribution >= 0.6 is 0 Å². The average Bonchev–Trinajstić information content (AvgIpc) is 2.67. The second kappa shape index (κ2) is 7.68. The van der Waals surface area contributed by atoms with Gasteiger partial charge in [0.1, 0.15) is 5.82 Å². The number of nitrogens with zero attached hydrogens (tertiary/aromatic N) is 1. The first kappa shape index (κ1) is 18.1. The molecule has 3 rings (SSSR count). The van der Waals surface area contributed by atoms with E-state index in [-0.39, 0.29) is 17.6 Å². The minimum Gasteiger partial charge on any atom is -0.351 e. The van der Waals surface area contributed by atoms with E-state index in [0.29, 0.717) is 25.2 Å². The normalized spacial score (nSPS) is 19.8. The van der Waals surface area contributed by atoms with E-state index in [0.717, 1.165) is 18.4 Å². The molecule has 1 aliphatic heterocycles. The molecule has 1 saturated heterocycles. The third-order valence-corrected chi connectivity index (χ3v) is 4.92. The quantitative estimate of drug-likeness (QED) is 0.915. The second-order valence-corrected chi connectivity index (χ2v) is 7.07. The van der Waals surface area contributed by atoms with E-state index in [2.05, 4.69) is 5.32 Å². The fourth-order valence-electron chi connectivity index (χ4n) is 3.36. The van der Waals surface area contributed by atoms with E-state index in [1.165, 1.54) is 24.3 Å². The second-order valence-electron chi connectivity index (χ2n) is 7.07. The molecule has 4 nitrogen and oxygen atoms in total. The zero-order valence-corrected chi connectivity index (χ0v) is 14.9. The third-order valence-electron chi connectivity index (χ3n) is 4.92. The Bertz CT molecular complexity index is 776. The highest BCUT2D eigenvalue weighted by atomic mass is 19.1. The van der Waals surface area contributed by atoms with Crippen molar-refractivity contribution >= 4 is 11.8 Å². The van der Waals surface area contributed by atoms with Gasteiger partial charge in [0, 0.05) is 25.2 Å². The highest BCUT2D eigenvalue weighted by molar-refractivity contribution is 5.95. The van der Waals surface area contributed by atoms with Crippen molar-refractivity contribution in [1.29, 1.82) is 0 Å². The van der Waals surface area contributed by atoms with E-state index >= 15 is 0 Å². The lowest BCUT2D eigenvalue weighted by Gasteiger charge is -2.39. The maximum atomic E-state index is 13.1. The molecule has 1 N–H and O–H groups in total. The number of likely N-dealkylation sites (tertiary alicyclic amines) is 1. The zero-order chi connectivity index (χ0) is 18.6. The van der Waals surface area contributed by atoms with Crippen LogP contribution in [0.4, 0.5) is 4.39 Å². The van der Waals surface area contributed by atoms with Crippen LogP contribution in [0.5, 0.6) is 0 Å². The van der Waals surface area contributed by atoms with Gasteiger partial charge in [-0.1, -0.05) is 30.3 Å². The summed E-state index contributed by atoms with van der Waals surface area (Å²) in [6.07, 6.45) is 1.50. The summed E-state index contributed by atoms with van der Waals surface area (Å²) in [6, 6.07) is 15.3. The molecule has 1 fully saturated rings. The van der Waals surface area contributed by atoms with Crippen molar-refractivity contribution in [1.82, 2.24) is 10.2 Å². The van der Waals surface area contributed by atoms with E-state index in [1.807, 2.05) is 37.3 Å². The highest BCUT2D eigenvalue weighted by Crippen LogP contribution is 2.30. The third kappa shape index (κ3) is 4.10. The lowest BCUT2D eigenvalue weighted by molar-refractivity contribution is -0.132. The summed E-state index contributed by atoms with van der Waals surface area (Å²) in [7, 11) is 0. The largest absolute Gasteiger partial charge is 0.351 e. The van der Waals surface area contributed by atoms with E-state index in [9.17, 15) is 14.0 Å². The molecule has 1 atom stereocenters. The molecule has 0 radical (unpaired) electrons. The molecule has 1 heterocycles. The van der Waals surface area contributed by atoms with Gasteiger partial charge in [-0.2, -0.15) is 0 Å². The Morgan fingerprint density at radius 3 is 2.50 bits per heavy atom. The number of amides is 2. The number of carbonyl (C=O) groups excluding carboxylic acids is 2. The average molecular weight is 354 g/mol. The predicted octanol–water partition coefficient (Wildman–Crippen LogP) is 3.38. The SMILES string of the molecule is CC1(C(=O)NCc2ccccc2)CCCN(C(=O)c2ccc(F)cc2)C1. The van der Waals surface area contributed by atoms with E-state index < -0.39 is 5.41 Å². The van der Waals surface area contributed by atoms with Gasteiger partial charge in [-0.05, 0) is 49.6 Å². The molecule has 2 aromatic carbocycles. The molecule has 2 amide bonds. The lowest BCUT2D eigenvalue weighted by Crippen LogP contribution is -2.51. The minimum atomic E-state index is -0.622. The summed E-state index contributed by atoms with van der Waals surface area (Å²) in [6.45, 7) is 3.35. The maximum Gasteiger partial charge on any atom is 0.253 e. The first-order chi connectivity index (χ1) is 12.5. The topological polar surface area (TPSA) is 49.4 Å². The maximum absolute atomic E-state index is 13.1. The number of benzene rings is 2. The fraction of sp³-hybridized carbons (Fsp3) is 0.333. The van der Waals surface area contributed by atoms with Gasteiger partial charge < -0.3 is 10.2 Å². The number of piperidine rings is 1. The zero-order valence-electron chi connectivity index (χ0n) is 14.9. The van der Waals surface area contributed by atoms with E-state index in [4.69, 9.17) is 0 Å². The molecule has 0 spiro atoms. The van der Waals surface area contributed by atoms with Crippen LogP contribution in [-0.2, 0) is 11.3 Å². The molecule has 136 valence electrons. The first-order valence-corrected chi connectivity index (χ1v) is 8.85. The van der Waals surface area contributed by atoms with Crippen LogP contribution in [0.1, 0.15) is 35.7 Å². The lowest BCUT2D eigenvalue weighted by atomic mass is 9.80. The van der Waals surface area contributed by atoms with Crippen molar-refractivity contribution < 1.29 is 14.0 Å². The Morgan fingerprint density at radius 2 is 1.81 bits per heavy atom. The molecule has 0 aliphatic carbocycles. The van der Waals surface area contributed by atoms with Crippen molar-refractivity contribution in [2.24, 2.45) is 5.41 Å². The van der Waals surface area contributed by atoms with Gasteiger partial charge in [0.2, 0.25) is 5.91 Å². The first-order valence-electron chi connectivity index (χ1n) is 8.85. The Kier molecular flexibility index (Phi) is 5.35. The molecule has 1 unspecified atom stereocenters. The highest BCUT2D eigenvalue weighted by Gasteiger charge is 2.39. The van der Waals surface area contributed by atoms with Crippen LogP contribution in [0, 0.1) is 11.2 Å². The molecule has 0 saturated carbocycles. The summed E-state index contributed by atoms with van der Waals surface area (Å²) in [4.78, 5) is 27.1. The van der Waals surface area contributed by atoms with Crippen molar-refractivity contribution in [2.75, 3.05) is 13.1 Å². The standard InChI is InChI=1S/C21H23FN2O2/c1-21(20(26)23-14-16-6-3-2-4-7-16)12-5-13-24(15-21)19(25)17-8-10-18(22)11-9-17/h2-4,6-11H,5,12-15H2,1H3,(H,23,26). The van der Waals surface area contributed by atoms with Crippen LogP contribution in [-0.4, -0.2) is 29.8 Å². The number of carbonyl (C=O) groups is 2. The van der Waals surface area contributed by atoms with Crippen molar-refractivity contribution in [3.8, 4) is 0 Å². The van der Waals surface area contributed by atoms with Gasteiger partial charge in [-0.3, -0.25) is 9.59 Å². The summed E-state index contributed by atoms with van der Waals surface area (Å²) in [5, 5.41) is 2.99. The molecular weight excluding hydrogens is 331 g/mol. The van der Waals surface area contributed by atoms with Gasteiger partial charge in [-0.25, -0.2) is 4.39 Å². The number of hydrogen-bond donors (Lipinski definition) is 1. The summed E-state index contributed by atoms with van der Waals surface area (Å²) in [5.74, 6) is -0.574. The predicted molar refractivity (Wildman–Crippen MR) is 97.9 cm³/mol. The smallest absolute Gasteiger partial charge is 0.253 e. The summed E-state index contributed by atoms with van der Waals surface area (Å²) >= 11 is 0. The Hall–Kier alpha value is -2.69. The van der Waals surface area contributed by atoms with Gasteiger partial charge >= 0.3 is 0 Å². The molecule has 0 bridgehead atoms. The summed E-state index contributed by atoms with van der Waals surface area (Å²) < 4.78 is 13.1. The van der Waals surface area contributed by atoms with Gasteiger partial charge in [-0.15, -0.1) is 0 Å². The van der Waals surface area contributed by atoms with Crippen LogP contribution in [0.3, 0.4) is 0 Å². The number of hydrogen-bond acceptors (Lipinski definition) is 2. The van der Waals surface area contributed by atoms with Crippen molar-refractivity contribution in [3.63, 3.8) is 0 Å². The fourth-order valence-corrected chi connectivity index (χ4v) is 3.36. The molecule has 2 aromatic rings. The Morgan fingerprint density at radius 1 is 1.12 bits per heavy atom. The van der Waals surface area contributed by atoms with Gasteiger partial charge in [0.25, 0.3) is 5.91 Å². The number of nitrogens with one attached hydrogen (secondary N) is 1. The molecule has 26 heavy (non-hydrogen) atoms. The Balaban J connectivity index is 1.64. The number of rotatable bonds is 4. The van der Waals surface area contributed by atoms with E-state index in [1.54, 1.807) is 4.90 Å². The molecule has 5 heteroatoms.